The summed E-state index contributed by atoms with van der Waals surface area (Å²) < 4.78 is 15.8. The average Bonchev–Trinajstić information content (AvgIpc) is 3.18. The van der Waals surface area contributed by atoms with Crippen molar-refractivity contribution >= 4 is 22.9 Å². The second-order valence-corrected chi connectivity index (χ2v) is 6.91. The molecule has 0 saturated heterocycles. The molecule has 0 spiro atoms. The Hall–Kier alpha value is -2.97. The van der Waals surface area contributed by atoms with Gasteiger partial charge in [-0.1, -0.05) is 0 Å². The summed E-state index contributed by atoms with van der Waals surface area (Å²) in [5, 5.41) is 5.59. The maximum absolute atomic E-state index is 12.3. The zero-order valence-electron chi connectivity index (χ0n) is 16.4. The number of methoxy groups -OCH3 is 1. The molecule has 3 aromatic rings. The van der Waals surface area contributed by atoms with E-state index in [1.54, 1.807) is 25.4 Å². The van der Waals surface area contributed by atoms with Gasteiger partial charge in [0, 0.05) is 24.1 Å². The standard InChI is InChI=1S/C21H23N3O4S/c1-3-27-18-7-4-15(5-8-18)21-24-17(14-29-21)12-19(25)23-16-6-9-20(22-13-16)28-11-10-26-2/h4-9,13-14H,3,10-12H2,1-2H3,(H,23,25). The van der Waals surface area contributed by atoms with Crippen LogP contribution < -0.4 is 14.8 Å². The van der Waals surface area contributed by atoms with E-state index in [1.807, 2.05) is 36.6 Å². The fraction of sp³-hybridized carbons (Fsp3) is 0.286. The van der Waals surface area contributed by atoms with Crippen molar-refractivity contribution in [3.63, 3.8) is 0 Å². The number of anilines is 1. The van der Waals surface area contributed by atoms with Crippen LogP contribution in [0.15, 0.2) is 48.0 Å². The smallest absolute Gasteiger partial charge is 0.230 e. The first-order chi connectivity index (χ1) is 14.2. The largest absolute Gasteiger partial charge is 0.494 e. The number of ether oxygens (including phenoxy) is 3. The zero-order chi connectivity index (χ0) is 20.5. The van der Waals surface area contributed by atoms with E-state index in [2.05, 4.69) is 15.3 Å². The van der Waals surface area contributed by atoms with Crippen LogP contribution in [0.25, 0.3) is 10.6 Å². The Kier molecular flexibility index (Phi) is 7.54. The SMILES string of the molecule is CCOc1ccc(-c2nc(CC(=O)Nc3ccc(OCCOC)nc3)cs2)cc1. The third-order valence-corrected chi connectivity index (χ3v) is 4.80. The van der Waals surface area contributed by atoms with Crippen LogP contribution in [0.1, 0.15) is 12.6 Å². The Balaban J connectivity index is 1.53. The predicted molar refractivity (Wildman–Crippen MR) is 113 cm³/mol. The number of nitrogens with zero attached hydrogens (tertiary/aromatic N) is 2. The van der Waals surface area contributed by atoms with E-state index in [1.165, 1.54) is 11.3 Å². The lowest BCUT2D eigenvalue weighted by Crippen LogP contribution is -2.14. The van der Waals surface area contributed by atoms with Crippen LogP contribution in [-0.4, -0.2) is 42.8 Å². The molecule has 0 aliphatic carbocycles. The Bertz CT molecular complexity index is 910. The minimum absolute atomic E-state index is 0.150. The van der Waals surface area contributed by atoms with Gasteiger partial charge in [0.1, 0.15) is 17.4 Å². The molecular weight excluding hydrogens is 390 g/mol. The highest BCUT2D eigenvalue weighted by Gasteiger charge is 2.10. The molecule has 3 rings (SSSR count). The summed E-state index contributed by atoms with van der Waals surface area (Å²) >= 11 is 1.51. The highest BCUT2D eigenvalue weighted by atomic mass is 32.1. The molecule has 1 amide bonds. The molecule has 0 atom stereocenters. The number of aromatic nitrogens is 2. The second kappa shape index (κ2) is 10.5. The van der Waals surface area contributed by atoms with Crippen LogP contribution >= 0.6 is 11.3 Å². The summed E-state index contributed by atoms with van der Waals surface area (Å²) in [6.45, 7) is 3.50. The van der Waals surface area contributed by atoms with E-state index >= 15 is 0 Å². The molecule has 0 aliphatic heterocycles. The third kappa shape index (κ3) is 6.27. The van der Waals surface area contributed by atoms with Crippen LogP contribution in [0.3, 0.4) is 0 Å². The minimum atomic E-state index is -0.150. The van der Waals surface area contributed by atoms with Crippen LogP contribution in [0.5, 0.6) is 11.6 Å². The molecule has 0 saturated carbocycles. The maximum Gasteiger partial charge on any atom is 0.230 e. The fourth-order valence-electron chi connectivity index (χ4n) is 2.52. The lowest BCUT2D eigenvalue weighted by molar-refractivity contribution is -0.115. The lowest BCUT2D eigenvalue weighted by Gasteiger charge is -2.06. The summed E-state index contributed by atoms with van der Waals surface area (Å²) in [5.41, 5.74) is 2.33. The summed E-state index contributed by atoms with van der Waals surface area (Å²) in [5.74, 6) is 1.17. The molecule has 2 aromatic heterocycles. The molecule has 1 N–H and O–H groups in total. The van der Waals surface area contributed by atoms with Crippen molar-refractivity contribution in [3.05, 3.63) is 53.7 Å². The van der Waals surface area contributed by atoms with Crippen LogP contribution in [-0.2, 0) is 16.0 Å². The number of pyridine rings is 1. The third-order valence-electron chi connectivity index (χ3n) is 3.86. The topological polar surface area (TPSA) is 82.6 Å². The van der Waals surface area contributed by atoms with Crippen molar-refractivity contribution in [1.82, 2.24) is 9.97 Å². The second-order valence-electron chi connectivity index (χ2n) is 6.05. The van der Waals surface area contributed by atoms with Crippen molar-refractivity contribution in [2.75, 3.05) is 32.2 Å². The molecule has 152 valence electrons. The van der Waals surface area contributed by atoms with E-state index in [0.29, 0.717) is 31.4 Å². The molecule has 0 bridgehead atoms. The van der Waals surface area contributed by atoms with Gasteiger partial charge in [0.15, 0.2) is 0 Å². The van der Waals surface area contributed by atoms with Gasteiger partial charge in [-0.3, -0.25) is 4.79 Å². The van der Waals surface area contributed by atoms with Gasteiger partial charge in [-0.25, -0.2) is 9.97 Å². The Labute approximate surface area is 173 Å². The number of carbonyl (C=O) groups excluding carboxylic acids is 1. The van der Waals surface area contributed by atoms with E-state index < -0.39 is 0 Å². The van der Waals surface area contributed by atoms with Gasteiger partial charge >= 0.3 is 0 Å². The number of hydrogen-bond acceptors (Lipinski definition) is 7. The Morgan fingerprint density at radius 2 is 1.93 bits per heavy atom. The molecule has 0 fully saturated rings. The van der Waals surface area contributed by atoms with Crippen LogP contribution in [0.2, 0.25) is 0 Å². The number of hydrogen-bond donors (Lipinski definition) is 1. The lowest BCUT2D eigenvalue weighted by atomic mass is 10.2. The van der Waals surface area contributed by atoms with Gasteiger partial charge in [0.2, 0.25) is 11.8 Å². The van der Waals surface area contributed by atoms with Gasteiger partial charge in [0.05, 0.1) is 37.2 Å². The van der Waals surface area contributed by atoms with E-state index in [-0.39, 0.29) is 12.3 Å². The molecule has 2 heterocycles. The molecule has 0 unspecified atom stereocenters. The molecular formula is C21H23N3O4S. The maximum atomic E-state index is 12.3. The van der Waals surface area contributed by atoms with Crippen molar-refractivity contribution in [2.45, 2.75) is 13.3 Å². The van der Waals surface area contributed by atoms with Gasteiger partial charge in [0.25, 0.3) is 0 Å². The molecule has 0 radical (unpaired) electrons. The summed E-state index contributed by atoms with van der Waals surface area (Å²) in [6.07, 6.45) is 1.76. The van der Waals surface area contributed by atoms with Gasteiger partial charge < -0.3 is 19.5 Å². The predicted octanol–water partition coefficient (Wildman–Crippen LogP) is 3.81. The summed E-state index contributed by atoms with van der Waals surface area (Å²) in [4.78, 5) is 21.0. The minimum Gasteiger partial charge on any atom is -0.494 e. The Morgan fingerprint density at radius 3 is 2.62 bits per heavy atom. The number of benzene rings is 1. The van der Waals surface area contributed by atoms with Crippen molar-refractivity contribution in [3.8, 4) is 22.2 Å². The Morgan fingerprint density at radius 1 is 1.10 bits per heavy atom. The van der Waals surface area contributed by atoms with Gasteiger partial charge in [-0.05, 0) is 37.3 Å². The molecule has 0 aliphatic rings. The average molecular weight is 413 g/mol. The number of carbonyl (C=O) groups is 1. The highest BCUT2D eigenvalue weighted by Crippen LogP contribution is 2.26. The van der Waals surface area contributed by atoms with E-state index in [4.69, 9.17) is 14.2 Å². The number of amides is 1. The van der Waals surface area contributed by atoms with Gasteiger partial charge in [-0.15, -0.1) is 11.3 Å². The molecule has 8 heteroatoms. The van der Waals surface area contributed by atoms with E-state index in [0.717, 1.165) is 22.0 Å². The van der Waals surface area contributed by atoms with Gasteiger partial charge in [-0.2, -0.15) is 0 Å². The number of nitrogens with one attached hydrogen (secondary N) is 1. The highest BCUT2D eigenvalue weighted by molar-refractivity contribution is 7.13. The van der Waals surface area contributed by atoms with Crippen LogP contribution in [0.4, 0.5) is 5.69 Å². The first kappa shape index (κ1) is 20.8. The summed E-state index contributed by atoms with van der Waals surface area (Å²) in [7, 11) is 1.61. The number of thiazole rings is 1. The van der Waals surface area contributed by atoms with Crippen LogP contribution in [0, 0.1) is 0 Å². The van der Waals surface area contributed by atoms with Crippen molar-refractivity contribution in [2.24, 2.45) is 0 Å². The molecule has 29 heavy (non-hydrogen) atoms. The van der Waals surface area contributed by atoms with Crippen molar-refractivity contribution < 1.29 is 19.0 Å². The molecule has 7 nitrogen and oxygen atoms in total. The quantitative estimate of drug-likeness (QED) is 0.509. The summed E-state index contributed by atoms with van der Waals surface area (Å²) in [6, 6.07) is 11.2. The first-order valence-electron chi connectivity index (χ1n) is 9.23. The first-order valence-corrected chi connectivity index (χ1v) is 10.1. The normalized spacial score (nSPS) is 10.6. The zero-order valence-corrected chi connectivity index (χ0v) is 17.2. The number of rotatable bonds is 10. The van der Waals surface area contributed by atoms with Crippen molar-refractivity contribution in [1.29, 1.82) is 0 Å². The monoisotopic (exact) mass is 413 g/mol. The molecule has 1 aromatic carbocycles. The van der Waals surface area contributed by atoms with E-state index in [9.17, 15) is 4.79 Å². The fourth-order valence-corrected chi connectivity index (χ4v) is 3.35.